The fourth-order valence-electron chi connectivity index (χ4n) is 3.48. The zero-order valence-electron chi connectivity index (χ0n) is 11.9. The molecule has 0 N–H and O–H groups in total. The van der Waals surface area contributed by atoms with Crippen molar-refractivity contribution in [1.29, 1.82) is 0 Å². The van der Waals surface area contributed by atoms with Gasteiger partial charge in [-0.2, -0.15) is 0 Å². The molecule has 2 aliphatic heterocycles. The van der Waals surface area contributed by atoms with E-state index < -0.39 is 0 Å². The fourth-order valence-corrected chi connectivity index (χ4v) is 3.48. The summed E-state index contributed by atoms with van der Waals surface area (Å²) in [4.78, 5) is 4.74. The van der Waals surface area contributed by atoms with Crippen LogP contribution in [-0.2, 0) is 11.3 Å². The average molecular weight is 264 g/mol. The van der Waals surface area contributed by atoms with Gasteiger partial charge in [-0.05, 0) is 45.1 Å². The maximum atomic E-state index is 6.00. The van der Waals surface area contributed by atoms with E-state index in [9.17, 15) is 0 Å². The number of fused-ring (bicyclic) bond motifs is 1. The lowest BCUT2D eigenvalue weighted by molar-refractivity contribution is 0.0622. The molecule has 0 aromatic carbocycles. The van der Waals surface area contributed by atoms with Crippen LogP contribution in [0.2, 0.25) is 0 Å². The maximum absolute atomic E-state index is 6.00. The second kappa shape index (κ2) is 5.65. The topological polar surface area (TPSA) is 28.9 Å². The van der Waals surface area contributed by atoms with Gasteiger partial charge in [0.15, 0.2) is 0 Å². The Balaban J connectivity index is 1.55. The van der Waals surface area contributed by atoms with E-state index in [4.69, 9.17) is 9.15 Å². The molecule has 4 heteroatoms. The molecule has 0 saturated carbocycles. The summed E-state index contributed by atoms with van der Waals surface area (Å²) < 4.78 is 11.4. The fraction of sp³-hybridized carbons (Fsp3) is 0.733. The van der Waals surface area contributed by atoms with Crippen LogP contribution >= 0.6 is 0 Å². The molecule has 2 fully saturated rings. The van der Waals surface area contributed by atoms with E-state index in [1.165, 1.54) is 6.42 Å². The van der Waals surface area contributed by atoms with Gasteiger partial charge in [-0.3, -0.25) is 4.90 Å². The quantitative estimate of drug-likeness (QED) is 0.827. The minimum atomic E-state index is 0.436. The molecular weight excluding hydrogens is 240 g/mol. The van der Waals surface area contributed by atoms with Crippen LogP contribution in [0.4, 0.5) is 0 Å². The molecule has 3 atom stereocenters. The molecule has 0 unspecified atom stereocenters. The number of hydrogen-bond acceptors (Lipinski definition) is 4. The van der Waals surface area contributed by atoms with E-state index in [0.29, 0.717) is 12.0 Å². The van der Waals surface area contributed by atoms with Crippen molar-refractivity contribution >= 4 is 0 Å². The van der Waals surface area contributed by atoms with Crippen LogP contribution < -0.4 is 0 Å². The molecule has 0 radical (unpaired) electrons. The van der Waals surface area contributed by atoms with Crippen molar-refractivity contribution in [2.24, 2.45) is 11.8 Å². The predicted molar refractivity (Wildman–Crippen MR) is 73.9 cm³/mol. The molecule has 1 aromatic heterocycles. The Morgan fingerprint density at radius 1 is 1.42 bits per heavy atom. The van der Waals surface area contributed by atoms with Gasteiger partial charge in [0.1, 0.15) is 5.76 Å². The molecule has 19 heavy (non-hydrogen) atoms. The molecule has 3 heterocycles. The number of likely N-dealkylation sites (tertiary alicyclic amines) is 1. The maximum Gasteiger partial charge on any atom is 0.117 e. The minimum absolute atomic E-state index is 0.436. The van der Waals surface area contributed by atoms with Crippen molar-refractivity contribution in [3.8, 4) is 0 Å². The number of rotatable bonds is 4. The number of nitrogens with zero attached hydrogens (tertiary/aromatic N) is 2. The Morgan fingerprint density at radius 2 is 2.32 bits per heavy atom. The lowest BCUT2D eigenvalue weighted by Crippen LogP contribution is -2.42. The van der Waals surface area contributed by atoms with Crippen molar-refractivity contribution in [2.45, 2.75) is 19.1 Å². The van der Waals surface area contributed by atoms with Crippen LogP contribution in [0, 0.1) is 11.8 Å². The highest BCUT2D eigenvalue weighted by Crippen LogP contribution is 2.35. The van der Waals surface area contributed by atoms with Gasteiger partial charge < -0.3 is 14.1 Å². The summed E-state index contributed by atoms with van der Waals surface area (Å²) in [5.74, 6) is 2.52. The van der Waals surface area contributed by atoms with Gasteiger partial charge >= 0.3 is 0 Å². The van der Waals surface area contributed by atoms with E-state index >= 15 is 0 Å². The highest BCUT2D eigenvalue weighted by Gasteiger charge is 2.40. The monoisotopic (exact) mass is 264 g/mol. The Bertz CT molecular complexity index is 391. The number of likely N-dealkylation sites (N-methyl/N-ethyl adjacent to an activating group) is 1. The molecular formula is C15H24N2O2. The summed E-state index contributed by atoms with van der Waals surface area (Å²) in [5.41, 5.74) is 0. The number of ether oxygens (including phenoxy) is 1. The summed E-state index contributed by atoms with van der Waals surface area (Å²) in [7, 11) is 4.26. The summed E-state index contributed by atoms with van der Waals surface area (Å²) in [6.07, 6.45) is 3.45. The minimum Gasteiger partial charge on any atom is -0.468 e. The zero-order chi connectivity index (χ0) is 13.2. The normalized spacial score (nSPS) is 31.8. The van der Waals surface area contributed by atoms with Crippen LogP contribution in [-0.4, -0.2) is 56.2 Å². The third-order valence-electron chi connectivity index (χ3n) is 4.38. The van der Waals surface area contributed by atoms with Crippen molar-refractivity contribution in [1.82, 2.24) is 9.80 Å². The van der Waals surface area contributed by atoms with Crippen molar-refractivity contribution in [3.05, 3.63) is 24.2 Å². The second-order valence-corrected chi connectivity index (χ2v) is 6.16. The number of furan rings is 1. The molecule has 0 bridgehead atoms. The first kappa shape index (κ1) is 13.2. The van der Waals surface area contributed by atoms with Gasteiger partial charge in [-0.15, -0.1) is 0 Å². The summed E-state index contributed by atoms with van der Waals surface area (Å²) in [5, 5.41) is 0. The highest BCUT2D eigenvalue weighted by molar-refractivity contribution is 4.99. The van der Waals surface area contributed by atoms with Gasteiger partial charge in [0.25, 0.3) is 0 Å². The van der Waals surface area contributed by atoms with Crippen molar-refractivity contribution < 1.29 is 9.15 Å². The number of hydrogen-bond donors (Lipinski definition) is 0. The molecule has 106 valence electrons. The van der Waals surface area contributed by atoms with E-state index in [1.54, 1.807) is 6.26 Å². The average Bonchev–Trinajstić information content (AvgIpc) is 2.99. The predicted octanol–water partition coefficient (Wildman–Crippen LogP) is 1.68. The van der Waals surface area contributed by atoms with Crippen molar-refractivity contribution in [3.63, 3.8) is 0 Å². The van der Waals surface area contributed by atoms with Crippen LogP contribution in [0.5, 0.6) is 0 Å². The smallest absolute Gasteiger partial charge is 0.117 e. The first-order valence-corrected chi connectivity index (χ1v) is 7.23. The molecule has 4 nitrogen and oxygen atoms in total. The van der Waals surface area contributed by atoms with Crippen LogP contribution in [0.25, 0.3) is 0 Å². The Labute approximate surface area is 115 Å². The Kier molecular flexibility index (Phi) is 3.91. The van der Waals surface area contributed by atoms with E-state index in [2.05, 4.69) is 30.0 Å². The van der Waals surface area contributed by atoms with Gasteiger partial charge in [0.2, 0.25) is 0 Å². The van der Waals surface area contributed by atoms with Crippen LogP contribution in [0.3, 0.4) is 0 Å². The lowest BCUT2D eigenvalue weighted by atomic mass is 9.84. The molecule has 1 aromatic rings. The largest absolute Gasteiger partial charge is 0.468 e. The van der Waals surface area contributed by atoms with Gasteiger partial charge in [0.05, 0.1) is 25.5 Å². The number of piperidine rings is 1. The first-order chi connectivity index (χ1) is 9.22. The summed E-state index contributed by atoms with van der Waals surface area (Å²) in [6, 6.07) is 4.03. The van der Waals surface area contributed by atoms with Gasteiger partial charge in [0, 0.05) is 19.0 Å². The highest BCUT2D eigenvalue weighted by atomic mass is 16.5. The third kappa shape index (κ3) is 3.02. The van der Waals surface area contributed by atoms with Gasteiger partial charge in [-0.25, -0.2) is 0 Å². The SMILES string of the molecule is CN(C)C[C@@H]1OC[C@@H]2CN(Cc3ccco3)CC[C@@H]21. The zero-order valence-corrected chi connectivity index (χ0v) is 11.9. The molecule has 3 rings (SSSR count). The Morgan fingerprint density at radius 3 is 3.05 bits per heavy atom. The van der Waals surface area contributed by atoms with Crippen molar-refractivity contribution in [2.75, 3.05) is 40.3 Å². The molecule has 0 aliphatic carbocycles. The Hall–Kier alpha value is -0.840. The van der Waals surface area contributed by atoms with Gasteiger partial charge in [-0.1, -0.05) is 0 Å². The third-order valence-corrected chi connectivity index (χ3v) is 4.38. The summed E-state index contributed by atoms with van der Waals surface area (Å²) in [6.45, 7) is 5.23. The molecule has 2 saturated heterocycles. The van der Waals surface area contributed by atoms with Crippen LogP contribution in [0.15, 0.2) is 22.8 Å². The molecule has 0 amide bonds. The second-order valence-electron chi connectivity index (χ2n) is 6.16. The van der Waals surface area contributed by atoms with Crippen LogP contribution in [0.1, 0.15) is 12.2 Å². The molecule has 2 aliphatic rings. The standard InChI is InChI=1S/C15H24N2O2/c1-16(2)10-15-14-5-6-17(8-12(14)11-19-15)9-13-4-3-7-18-13/h3-4,7,12,14-15H,5-6,8-11H2,1-2H3/t12-,14-,15-/m0/s1. The lowest BCUT2D eigenvalue weighted by Gasteiger charge is -2.35. The van der Waals surface area contributed by atoms with E-state index in [-0.39, 0.29) is 0 Å². The summed E-state index contributed by atoms with van der Waals surface area (Å²) >= 11 is 0. The van der Waals surface area contributed by atoms with E-state index in [1.807, 2.05) is 6.07 Å². The first-order valence-electron chi connectivity index (χ1n) is 7.23. The van der Waals surface area contributed by atoms with E-state index in [0.717, 1.165) is 44.5 Å². The molecule has 0 spiro atoms.